The summed E-state index contributed by atoms with van der Waals surface area (Å²) in [4.78, 5) is 27.5. The zero-order valence-corrected chi connectivity index (χ0v) is 12.9. The molecule has 4 heteroatoms. The van der Waals surface area contributed by atoms with Crippen LogP contribution in [0.3, 0.4) is 0 Å². The molecule has 2 aliphatic rings. The van der Waals surface area contributed by atoms with Crippen molar-refractivity contribution in [3.63, 3.8) is 0 Å². The Morgan fingerprint density at radius 2 is 1.90 bits per heavy atom. The van der Waals surface area contributed by atoms with Crippen molar-refractivity contribution < 1.29 is 9.59 Å². The van der Waals surface area contributed by atoms with Crippen molar-refractivity contribution in [3.8, 4) is 0 Å². The van der Waals surface area contributed by atoms with Gasteiger partial charge in [0.05, 0.1) is 12.6 Å². The molecule has 0 N–H and O–H groups in total. The zero-order valence-electron chi connectivity index (χ0n) is 12.9. The predicted molar refractivity (Wildman–Crippen MR) is 79.5 cm³/mol. The molecule has 1 amide bonds. The van der Waals surface area contributed by atoms with E-state index in [2.05, 4.69) is 11.8 Å². The molecule has 1 heterocycles. The number of aldehydes is 1. The van der Waals surface area contributed by atoms with E-state index in [0.29, 0.717) is 12.6 Å². The largest absolute Gasteiger partial charge is 0.342 e. The van der Waals surface area contributed by atoms with Gasteiger partial charge in [-0.2, -0.15) is 0 Å². The fraction of sp³-hybridized carbons (Fsp3) is 0.875. The Bertz CT molecular complexity index is 337. The molecule has 2 rings (SSSR count). The van der Waals surface area contributed by atoms with Crippen LogP contribution < -0.4 is 0 Å². The average Bonchev–Trinajstić information content (AvgIpc) is 2.48. The summed E-state index contributed by atoms with van der Waals surface area (Å²) in [7, 11) is 1.93. The molecule has 1 aliphatic carbocycles. The molecule has 1 atom stereocenters. The number of rotatable bonds is 4. The molecule has 0 aromatic rings. The van der Waals surface area contributed by atoms with Crippen LogP contribution in [0.2, 0.25) is 0 Å². The standard InChI is InChI=1S/C16H28N2O2/c1-13-6-8-14(9-7-13)17(2)16(20)11-18-10-4-3-5-15(18)12-19/h12-15H,3-11H2,1-2H3. The lowest BCUT2D eigenvalue weighted by Gasteiger charge is -2.37. The monoisotopic (exact) mass is 280 g/mol. The van der Waals surface area contributed by atoms with Crippen molar-refractivity contribution in [1.82, 2.24) is 9.80 Å². The van der Waals surface area contributed by atoms with Gasteiger partial charge in [-0.05, 0) is 51.0 Å². The van der Waals surface area contributed by atoms with Crippen LogP contribution in [0.5, 0.6) is 0 Å². The first-order valence-electron chi connectivity index (χ1n) is 8.06. The minimum Gasteiger partial charge on any atom is -0.342 e. The number of likely N-dealkylation sites (tertiary alicyclic amines) is 1. The second kappa shape index (κ2) is 7.21. The summed E-state index contributed by atoms with van der Waals surface area (Å²) in [6.07, 6.45) is 8.82. The third-order valence-corrected chi connectivity index (χ3v) is 5.09. The van der Waals surface area contributed by atoms with Crippen molar-refractivity contribution in [3.05, 3.63) is 0 Å². The zero-order chi connectivity index (χ0) is 14.5. The lowest BCUT2D eigenvalue weighted by Crippen LogP contribution is -2.49. The highest BCUT2D eigenvalue weighted by Crippen LogP contribution is 2.26. The van der Waals surface area contributed by atoms with E-state index in [9.17, 15) is 9.59 Å². The molecule has 114 valence electrons. The number of likely N-dealkylation sites (N-methyl/N-ethyl adjacent to an activating group) is 1. The molecular weight excluding hydrogens is 252 g/mol. The average molecular weight is 280 g/mol. The van der Waals surface area contributed by atoms with E-state index in [1.807, 2.05) is 11.9 Å². The van der Waals surface area contributed by atoms with Crippen molar-refractivity contribution in [2.24, 2.45) is 5.92 Å². The molecule has 0 aromatic carbocycles. The normalized spacial score (nSPS) is 31.8. The molecule has 0 bridgehead atoms. The maximum absolute atomic E-state index is 12.4. The molecule has 2 fully saturated rings. The molecule has 1 saturated carbocycles. The van der Waals surface area contributed by atoms with Crippen LogP contribution >= 0.6 is 0 Å². The van der Waals surface area contributed by atoms with Gasteiger partial charge in [0.2, 0.25) is 5.91 Å². The van der Waals surface area contributed by atoms with Gasteiger partial charge in [-0.1, -0.05) is 13.3 Å². The number of carbonyl (C=O) groups is 2. The molecule has 0 radical (unpaired) electrons. The van der Waals surface area contributed by atoms with E-state index >= 15 is 0 Å². The summed E-state index contributed by atoms with van der Waals surface area (Å²) < 4.78 is 0. The smallest absolute Gasteiger partial charge is 0.236 e. The van der Waals surface area contributed by atoms with Crippen molar-refractivity contribution in [2.45, 2.75) is 64.0 Å². The highest BCUT2D eigenvalue weighted by atomic mass is 16.2. The van der Waals surface area contributed by atoms with Crippen LogP contribution in [0.15, 0.2) is 0 Å². The second-order valence-electron chi connectivity index (χ2n) is 6.59. The lowest BCUT2D eigenvalue weighted by atomic mass is 9.87. The van der Waals surface area contributed by atoms with E-state index in [1.165, 1.54) is 12.8 Å². The Morgan fingerprint density at radius 3 is 2.55 bits per heavy atom. The first kappa shape index (κ1) is 15.5. The third-order valence-electron chi connectivity index (χ3n) is 5.09. The summed E-state index contributed by atoms with van der Waals surface area (Å²) in [6, 6.07) is 0.352. The maximum Gasteiger partial charge on any atom is 0.236 e. The SMILES string of the molecule is CC1CCC(N(C)C(=O)CN2CCCCC2C=O)CC1. The molecule has 20 heavy (non-hydrogen) atoms. The van der Waals surface area contributed by atoms with Gasteiger partial charge in [0.1, 0.15) is 6.29 Å². The maximum atomic E-state index is 12.4. The molecule has 0 spiro atoms. The molecule has 1 saturated heterocycles. The Hall–Kier alpha value is -0.900. The quantitative estimate of drug-likeness (QED) is 0.740. The summed E-state index contributed by atoms with van der Waals surface area (Å²) >= 11 is 0. The van der Waals surface area contributed by atoms with E-state index in [1.54, 1.807) is 0 Å². The summed E-state index contributed by atoms with van der Waals surface area (Å²) in [6.45, 7) is 3.58. The van der Waals surface area contributed by atoms with Crippen LogP contribution in [0, 0.1) is 5.92 Å². The molecule has 1 aliphatic heterocycles. The van der Waals surface area contributed by atoms with Crippen molar-refractivity contribution in [2.75, 3.05) is 20.1 Å². The Morgan fingerprint density at radius 1 is 1.20 bits per heavy atom. The van der Waals surface area contributed by atoms with E-state index < -0.39 is 0 Å². The Balaban J connectivity index is 1.85. The van der Waals surface area contributed by atoms with Gasteiger partial charge in [0, 0.05) is 13.1 Å². The molecule has 4 nitrogen and oxygen atoms in total. The van der Waals surface area contributed by atoms with E-state index in [4.69, 9.17) is 0 Å². The van der Waals surface area contributed by atoms with Gasteiger partial charge in [0.25, 0.3) is 0 Å². The number of hydrogen-bond donors (Lipinski definition) is 0. The van der Waals surface area contributed by atoms with Gasteiger partial charge in [0.15, 0.2) is 0 Å². The van der Waals surface area contributed by atoms with Gasteiger partial charge in [-0.15, -0.1) is 0 Å². The van der Waals surface area contributed by atoms with Crippen molar-refractivity contribution in [1.29, 1.82) is 0 Å². The number of piperidine rings is 1. The fourth-order valence-corrected chi connectivity index (χ4v) is 3.49. The Labute approximate surface area is 122 Å². The van der Waals surface area contributed by atoms with Crippen LogP contribution in [0.1, 0.15) is 51.9 Å². The van der Waals surface area contributed by atoms with Gasteiger partial charge in [-0.3, -0.25) is 9.69 Å². The number of carbonyl (C=O) groups excluding carboxylic acids is 2. The highest BCUT2D eigenvalue weighted by Gasteiger charge is 2.28. The van der Waals surface area contributed by atoms with Gasteiger partial charge < -0.3 is 9.69 Å². The highest BCUT2D eigenvalue weighted by molar-refractivity contribution is 5.79. The molecule has 1 unspecified atom stereocenters. The summed E-state index contributed by atoms with van der Waals surface area (Å²) in [5.41, 5.74) is 0. The van der Waals surface area contributed by atoms with E-state index in [0.717, 1.165) is 50.9 Å². The van der Waals surface area contributed by atoms with Crippen LogP contribution in [-0.4, -0.2) is 54.2 Å². The number of hydrogen-bond acceptors (Lipinski definition) is 3. The van der Waals surface area contributed by atoms with Crippen LogP contribution in [0.4, 0.5) is 0 Å². The summed E-state index contributed by atoms with van der Waals surface area (Å²) in [5, 5.41) is 0. The minimum atomic E-state index is -0.0486. The topological polar surface area (TPSA) is 40.6 Å². The lowest BCUT2D eigenvalue weighted by molar-refractivity contribution is -0.135. The van der Waals surface area contributed by atoms with E-state index in [-0.39, 0.29) is 11.9 Å². The predicted octanol–water partition coefficient (Wildman–Crippen LogP) is 2.08. The minimum absolute atomic E-state index is 0.0486. The van der Waals surface area contributed by atoms with Gasteiger partial charge >= 0.3 is 0 Å². The summed E-state index contributed by atoms with van der Waals surface area (Å²) in [5.74, 6) is 0.981. The first-order valence-corrected chi connectivity index (χ1v) is 8.06. The molecular formula is C16H28N2O2. The second-order valence-corrected chi connectivity index (χ2v) is 6.59. The van der Waals surface area contributed by atoms with Crippen LogP contribution in [-0.2, 0) is 9.59 Å². The van der Waals surface area contributed by atoms with Crippen molar-refractivity contribution >= 4 is 12.2 Å². The Kier molecular flexibility index (Phi) is 5.58. The molecule has 0 aromatic heterocycles. The van der Waals surface area contributed by atoms with Gasteiger partial charge in [-0.25, -0.2) is 0 Å². The first-order chi connectivity index (χ1) is 9.61. The van der Waals surface area contributed by atoms with Crippen LogP contribution in [0.25, 0.3) is 0 Å². The fourth-order valence-electron chi connectivity index (χ4n) is 3.49. The number of amides is 1. The number of nitrogens with zero attached hydrogens (tertiary/aromatic N) is 2. The third kappa shape index (κ3) is 3.81.